The molecule has 1 N–H and O–H groups in total. The van der Waals surface area contributed by atoms with Gasteiger partial charge in [0.2, 0.25) is 5.88 Å². The van der Waals surface area contributed by atoms with Gasteiger partial charge >= 0.3 is 6.01 Å². The van der Waals surface area contributed by atoms with Gasteiger partial charge in [-0.2, -0.15) is 15.1 Å². The molecule has 34 heavy (non-hydrogen) atoms. The fourth-order valence-corrected chi connectivity index (χ4v) is 3.19. The van der Waals surface area contributed by atoms with Crippen LogP contribution in [-0.4, -0.2) is 40.9 Å². The minimum atomic E-state index is 0.335. The van der Waals surface area contributed by atoms with Gasteiger partial charge in [-0.1, -0.05) is 33.8 Å². The summed E-state index contributed by atoms with van der Waals surface area (Å²) in [5, 5.41) is 4.28. The molecule has 0 aliphatic rings. The molecule has 3 aromatic rings. The fraction of sp³-hybridized carbons (Fsp3) is 0.462. The Balaban J connectivity index is 0.00000199. The second-order valence-corrected chi connectivity index (χ2v) is 7.56. The Labute approximate surface area is 203 Å². The van der Waals surface area contributed by atoms with E-state index in [1.807, 2.05) is 58.0 Å². The van der Waals surface area contributed by atoms with Crippen LogP contribution < -0.4 is 15.1 Å². The van der Waals surface area contributed by atoms with Crippen molar-refractivity contribution in [3.63, 3.8) is 0 Å². The lowest BCUT2D eigenvalue weighted by molar-refractivity contribution is 0.295. The highest BCUT2D eigenvalue weighted by atomic mass is 16.5. The summed E-state index contributed by atoms with van der Waals surface area (Å²) in [5.74, 6) is 2.30. The summed E-state index contributed by atoms with van der Waals surface area (Å²) in [6, 6.07) is 10.0. The molecular weight excluding hydrogens is 428 g/mol. The summed E-state index contributed by atoms with van der Waals surface area (Å²) < 4.78 is 11.5. The number of rotatable bonds is 12. The number of furan rings is 1. The van der Waals surface area contributed by atoms with Gasteiger partial charge in [-0.05, 0) is 44.4 Å². The van der Waals surface area contributed by atoms with Crippen molar-refractivity contribution in [2.75, 3.05) is 30.0 Å². The topological polar surface area (TPSA) is 88.7 Å². The van der Waals surface area contributed by atoms with Crippen molar-refractivity contribution in [3.05, 3.63) is 59.2 Å². The second kappa shape index (κ2) is 14.7. The van der Waals surface area contributed by atoms with Crippen LogP contribution >= 0.6 is 0 Å². The smallest absolute Gasteiger partial charge is 0.318 e. The highest BCUT2D eigenvalue weighted by Gasteiger charge is 2.12. The van der Waals surface area contributed by atoms with Crippen LogP contribution in [0.1, 0.15) is 63.2 Å². The van der Waals surface area contributed by atoms with Gasteiger partial charge in [-0.3, -0.25) is 4.98 Å². The first-order valence-electron chi connectivity index (χ1n) is 12.1. The van der Waals surface area contributed by atoms with Gasteiger partial charge in [0.1, 0.15) is 11.6 Å². The highest BCUT2D eigenvalue weighted by molar-refractivity contribution is 5.79. The lowest BCUT2D eigenvalue weighted by Crippen LogP contribution is -2.26. The van der Waals surface area contributed by atoms with Gasteiger partial charge in [0, 0.05) is 43.5 Å². The number of nitrogens with zero attached hydrogens (tertiary/aromatic N) is 5. The number of pyridine rings is 1. The maximum absolute atomic E-state index is 5.89. The Morgan fingerprint density at radius 3 is 2.47 bits per heavy atom. The number of hydrazone groups is 1. The van der Waals surface area contributed by atoms with E-state index in [0.29, 0.717) is 30.6 Å². The number of hydrogen-bond acceptors (Lipinski definition) is 8. The predicted octanol–water partition coefficient (Wildman–Crippen LogP) is 5.80. The van der Waals surface area contributed by atoms with Gasteiger partial charge < -0.3 is 14.1 Å². The summed E-state index contributed by atoms with van der Waals surface area (Å²) in [6.45, 7) is 14.5. The normalized spacial score (nSPS) is 10.6. The van der Waals surface area contributed by atoms with Gasteiger partial charge in [-0.25, -0.2) is 5.43 Å². The Hall–Kier alpha value is -3.42. The van der Waals surface area contributed by atoms with Crippen molar-refractivity contribution in [1.82, 2.24) is 15.0 Å². The first kappa shape index (κ1) is 26.8. The molecule has 0 aromatic carbocycles. The van der Waals surface area contributed by atoms with E-state index in [1.54, 1.807) is 12.4 Å². The predicted molar refractivity (Wildman–Crippen MR) is 139 cm³/mol. The standard InChI is InChI=1S/C24H32N6O2.C2H6/c1-5-12-30(13-6-2)22-16-21(17-26-29-23-15-18(3)19(4)32-23)27-24(28-22)31-14-10-20-9-7-8-11-25-20;1-2/h7-9,11,15-17,29H,5-6,10,12-14H2,1-4H3;1-2H3/b26-17+;. The molecule has 0 fully saturated rings. The maximum Gasteiger partial charge on any atom is 0.318 e. The molecule has 8 heteroatoms. The van der Waals surface area contributed by atoms with Crippen molar-refractivity contribution in [3.8, 4) is 6.01 Å². The van der Waals surface area contributed by atoms with E-state index >= 15 is 0 Å². The summed E-state index contributed by atoms with van der Waals surface area (Å²) in [5.41, 5.74) is 5.62. The van der Waals surface area contributed by atoms with Crippen LogP contribution in [0.15, 0.2) is 46.0 Å². The van der Waals surface area contributed by atoms with E-state index < -0.39 is 0 Å². The van der Waals surface area contributed by atoms with E-state index in [1.165, 1.54) is 0 Å². The lowest BCUT2D eigenvalue weighted by Gasteiger charge is -2.23. The Kier molecular flexibility index (Phi) is 11.6. The second-order valence-electron chi connectivity index (χ2n) is 7.56. The zero-order valence-corrected chi connectivity index (χ0v) is 21.3. The van der Waals surface area contributed by atoms with E-state index in [-0.39, 0.29) is 0 Å². The van der Waals surface area contributed by atoms with Crippen molar-refractivity contribution in [2.24, 2.45) is 5.10 Å². The van der Waals surface area contributed by atoms with Crippen molar-refractivity contribution in [2.45, 2.75) is 60.8 Å². The molecule has 0 radical (unpaired) electrons. The van der Waals surface area contributed by atoms with E-state index in [4.69, 9.17) is 9.15 Å². The number of aromatic nitrogens is 3. The highest BCUT2D eigenvalue weighted by Crippen LogP contribution is 2.19. The third-order valence-corrected chi connectivity index (χ3v) is 4.88. The van der Waals surface area contributed by atoms with Crippen LogP contribution in [0.2, 0.25) is 0 Å². The van der Waals surface area contributed by atoms with Gasteiger partial charge in [0.05, 0.1) is 18.5 Å². The van der Waals surface area contributed by atoms with Gasteiger partial charge in [-0.15, -0.1) is 0 Å². The van der Waals surface area contributed by atoms with Crippen LogP contribution in [0.25, 0.3) is 0 Å². The summed E-state index contributed by atoms with van der Waals surface area (Å²) in [6.07, 6.45) is 6.18. The number of aryl methyl sites for hydroxylation is 2. The third kappa shape index (κ3) is 8.50. The molecule has 0 bridgehead atoms. The van der Waals surface area contributed by atoms with Crippen molar-refractivity contribution < 1.29 is 9.15 Å². The molecule has 184 valence electrons. The number of nitrogens with one attached hydrogen (secondary N) is 1. The van der Waals surface area contributed by atoms with Crippen LogP contribution in [0.3, 0.4) is 0 Å². The Morgan fingerprint density at radius 1 is 1.09 bits per heavy atom. The summed E-state index contributed by atoms with van der Waals surface area (Å²) in [7, 11) is 0. The Bertz CT molecular complexity index is 978. The minimum absolute atomic E-state index is 0.335. The van der Waals surface area contributed by atoms with Crippen LogP contribution in [-0.2, 0) is 6.42 Å². The molecule has 0 atom stereocenters. The zero-order valence-electron chi connectivity index (χ0n) is 21.3. The fourth-order valence-electron chi connectivity index (χ4n) is 3.19. The average molecular weight is 467 g/mol. The van der Waals surface area contributed by atoms with E-state index in [0.717, 1.165) is 48.8 Å². The molecule has 3 aromatic heterocycles. The van der Waals surface area contributed by atoms with E-state index in [2.05, 4.69) is 44.2 Å². The third-order valence-electron chi connectivity index (χ3n) is 4.88. The molecule has 0 saturated carbocycles. The first-order chi connectivity index (χ1) is 16.6. The monoisotopic (exact) mass is 466 g/mol. The number of hydrogen-bond donors (Lipinski definition) is 1. The first-order valence-corrected chi connectivity index (χ1v) is 12.1. The largest absolute Gasteiger partial charge is 0.463 e. The molecule has 0 aliphatic heterocycles. The Morgan fingerprint density at radius 2 is 1.85 bits per heavy atom. The SMILES string of the molecule is CC.CCCN(CCC)c1cc(/C=N/Nc2cc(C)c(C)o2)nc(OCCc2ccccn2)n1. The van der Waals surface area contributed by atoms with Crippen molar-refractivity contribution >= 4 is 17.9 Å². The molecule has 8 nitrogen and oxygen atoms in total. The average Bonchev–Trinajstić information content (AvgIpc) is 3.17. The molecular formula is C26H38N6O2. The molecule has 0 saturated heterocycles. The molecule has 0 spiro atoms. The summed E-state index contributed by atoms with van der Waals surface area (Å²) >= 11 is 0. The number of anilines is 2. The molecule has 3 heterocycles. The van der Waals surface area contributed by atoms with Crippen LogP contribution in [0.5, 0.6) is 6.01 Å². The minimum Gasteiger partial charge on any atom is -0.463 e. The molecule has 0 aliphatic carbocycles. The zero-order chi connectivity index (χ0) is 24.8. The maximum atomic E-state index is 5.89. The molecule has 0 unspecified atom stereocenters. The van der Waals surface area contributed by atoms with Crippen LogP contribution in [0, 0.1) is 13.8 Å². The van der Waals surface area contributed by atoms with Crippen LogP contribution in [0.4, 0.5) is 11.7 Å². The van der Waals surface area contributed by atoms with Gasteiger partial charge in [0.25, 0.3) is 0 Å². The molecule has 3 rings (SSSR count). The lowest BCUT2D eigenvalue weighted by atomic mass is 10.3. The van der Waals surface area contributed by atoms with Gasteiger partial charge in [0.15, 0.2) is 0 Å². The quantitative estimate of drug-likeness (QED) is 0.266. The van der Waals surface area contributed by atoms with Crippen molar-refractivity contribution in [1.29, 1.82) is 0 Å². The summed E-state index contributed by atoms with van der Waals surface area (Å²) in [4.78, 5) is 15.8. The van der Waals surface area contributed by atoms with E-state index in [9.17, 15) is 0 Å². The molecule has 0 amide bonds. The number of ether oxygens (including phenoxy) is 1.